The number of hydrogen-bond donors (Lipinski definition) is 2. The number of aliphatic hydroxyl groups is 1. The van der Waals surface area contributed by atoms with Gasteiger partial charge in [0.05, 0.1) is 5.60 Å². The van der Waals surface area contributed by atoms with Gasteiger partial charge in [-0.3, -0.25) is 4.90 Å². The highest BCUT2D eigenvalue weighted by atomic mass is 32.1. The van der Waals surface area contributed by atoms with Crippen molar-refractivity contribution in [3.63, 3.8) is 0 Å². The SMILES string of the molecule is CN(Cc1cc(/C=C/C(=O)O)cs1)CC1(O)CCOCC1. The van der Waals surface area contributed by atoms with Crippen LogP contribution in [0.4, 0.5) is 0 Å². The van der Waals surface area contributed by atoms with Crippen molar-refractivity contribution in [3.05, 3.63) is 28.0 Å². The highest BCUT2D eigenvalue weighted by Crippen LogP contribution is 2.23. The van der Waals surface area contributed by atoms with Crippen molar-refractivity contribution >= 4 is 23.4 Å². The molecule has 1 aromatic heterocycles. The van der Waals surface area contributed by atoms with E-state index in [0.717, 1.165) is 23.1 Å². The number of hydrogen-bond acceptors (Lipinski definition) is 5. The molecule has 1 saturated heterocycles. The molecular weight excluding hydrogens is 290 g/mol. The molecule has 0 atom stereocenters. The van der Waals surface area contributed by atoms with Crippen LogP contribution in [0.2, 0.25) is 0 Å². The van der Waals surface area contributed by atoms with Crippen LogP contribution < -0.4 is 0 Å². The molecule has 6 heteroatoms. The topological polar surface area (TPSA) is 70.0 Å². The third-order valence-corrected chi connectivity index (χ3v) is 4.45. The molecule has 0 saturated carbocycles. The molecule has 1 aliphatic rings. The number of nitrogens with zero attached hydrogens (tertiary/aromatic N) is 1. The average Bonchev–Trinajstić information content (AvgIpc) is 2.84. The zero-order chi connectivity index (χ0) is 15.3. The highest BCUT2D eigenvalue weighted by Gasteiger charge is 2.30. The number of carboxylic acids is 1. The monoisotopic (exact) mass is 311 g/mol. The normalized spacial score (nSPS) is 18.4. The van der Waals surface area contributed by atoms with Gasteiger partial charge in [-0.2, -0.15) is 0 Å². The van der Waals surface area contributed by atoms with Crippen molar-refractivity contribution in [1.29, 1.82) is 0 Å². The molecule has 1 aliphatic heterocycles. The van der Waals surface area contributed by atoms with Gasteiger partial charge in [0.1, 0.15) is 0 Å². The van der Waals surface area contributed by atoms with Crippen LogP contribution in [0.1, 0.15) is 23.3 Å². The van der Waals surface area contributed by atoms with E-state index >= 15 is 0 Å². The first-order valence-corrected chi connectivity index (χ1v) is 7.82. The van der Waals surface area contributed by atoms with E-state index in [0.29, 0.717) is 32.6 Å². The van der Waals surface area contributed by atoms with Crippen LogP contribution in [0.25, 0.3) is 6.08 Å². The summed E-state index contributed by atoms with van der Waals surface area (Å²) < 4.78 is 5.28. The van der Waals surface area contributed by atoms with Crippen molar-refractivity contribution in [2.75, 3.05) is 26.8 Å². The van der Waals surface area contributed by atoms with Crippen LogP contribution in [0.3, 0.4) is 0 Å². The summed E-state index contributed by atoms with van der Waals surface area (Å²) in [7, 11) is 1.99. The lowest BCUT2D eigenvalue weighted by molar-refractivity contribution is -0.131. The van der Waals surface area contributed by atoms with Crippen LogP contribution >= 0.6 is 11.3 Å². The Bertz CT molecular complexity index is 506. The molecule has 0 unspecified atom stereocenters. The number of thiophene rings is 1. The second-order valence-corrected chi connectivity index (χ2v) is 6.52. The number of carboxylic acid groups (broad SMARTS) is 1. The first-order chi connectivity index (χ1) is 9.97. The Labute approximate surface area is 128 Å². The van der Waals surface area contributed by atoms with Crippen LogP contribution in [0.5, 0.6) is 0 Å². The van der Waals surface area contributed by atoms with Gasteiger partial charge in [0, 0.05) is 50.1 Å². The van der Waals surface area contributed by atoms with Crippen LogP contribution in [0, 0.1) is 0 Å². The molecule has 5 nitrogen and oxygen atoms in total. The molecule has 1 fully saturated rings. The van der Waals surface area contributed by atoms with E-state index in [2.05, 4.69) is 4.90 Å². The van der Waals surface area contributed by atoms with E-state index in [1.807, 2.05) is 18.5 Å². The Hall–Kier alpha value is -1.21. The summed E-state index contributed by atoms with van der Waals surface area (Å²) >= 11 is 1.60. The van der Waals surface area contributed by atoms with E-state index in [4.69, 9.17) is 9.84 Å². The van der Waals surface area contributed by atoms with Crippen molar-refractivity contribution in [1.82, 2.24) is 4.90 Å². The maximum absolute atomic E-state index is 10.5. The van der Waals surface area contributed by atoms with E-state index in [9.17, 15) is 9.90 Å². The zero-order valence-electron chi connectivity index (χ0n) is 12.1. The molecule has 0 spiro atoms. The molecule has 2 N–H and O–H groups in total. The number of rotatable bonds is 6. The Kier molecular flexibility index (Phi) is 5.52. The standard InChI is InChI=1S/C15H21NO4S/c1-16(11-15(19)4-6-20-7-5-15)9-13-8-12(10-21-13)2-3-14(17)18/h2-3,8,10,19H,4-7,9,11H2,1H3,(H,17,18)/b3-2+. The van der Waals surface area contributed by atoms with Gasteiger partial charge in [-0.05, 0) is 30.1 Å². The third-order valence-electron chi connectivity index (χ3n) is 3.51. The van der Waals surface area contributed by atoms with Gasteiger partial charge in [0.15, 0.2) is 0 Å². The maximum atomic E-state index is 10.5. The summed E-state index contributed by atoms with van der Waals surface area (Å²) in [5, 5.41) is 21.0. The van der Waals surface area contributed by atoms with Crippen molar-refractivity contribution in [2.24, 2.45) is 0 Å². The van der Waals surface area contributed by atoms with Crippen molar-refractivity contribution in [2.45, 2.75) is 25.0 Å². The number of carbonyl (C=O) groups is 1. The smallest absolute Gasteiger partial charge is 0.328 e. The Morgan fingerprint density at radius 1 is 1.52 bits per heavy atom. The second kappa shape index (κ2) is 7.17. The van der Waals surface area contributed by atoms with Gasteiger partial charge in [-0.1, -0.05) is 0 Å². The van der Waals surface area contributed by atoms with Gasteiger partial charge >= 0.3 is 5.97 Å². The minimum absolute atomic E-state index is 0.619. The highest BCUT2D eigenvalue weighted by molar-refractivity contribution is 7.10. The summed E-state index contributed by atoms with van der Waals surface area (Å²) in [6, 6.07) is 1.98. The lowest BCUT2D eigenvalue weighted by atomic mass is 9.94. The number of aliphatic carboxylic acids is 1. The summed E-state index contributed by atoms with van der Waals surface area (Å²) in [4.78, 5) is 13.7. The minimum atomic E-state index is -0.943. The Morgan fingerprint density at radius 2 is 2.24 bits per heavy atom. The molecule has 0 amide bonds. The van der Waals surface area contributed by atoms with Gasteiger partial charge in [0.2, 0.25) is 0 Å². The molecule has 1 aromatic rings. The fourth-order valence-electron chi connectivity index (χ4n) is 2.47. The summed E-state index contributed by atoms with van der Waals surface area (Å²) in [5.41, 5.74) is 0.242. The Morgan fingerprint density at radius 3 is 2.90 bits per heavy atom. The first kappa shape index (κ1) is 16.2. The molecule has 0 aliphatic carbocycles. The first-order valence-electron chi connectivity index (χ1n) is 6.94. The molecule has 2 heterocycles. The minimum Gasteiger partial charge on any atom is -0.478 e. The molecule has 2 rings (SSSR count). The molecule has 0 radical (unpaired) electrons. The van der Waals surface area contributed by atoms with Crippen LogP contribution in [-0.2, 0) is 16.1 Å². The summed E-state index contributed by atoms with van der Waals surface area (Å²) in [6.45, 7) is 2.60. The largest absolute Gasteiger partial charge is 0.478 e. The van der Waals surface area contributed by atoms with Gasteiger partial charge in [0.25, 0.3) is 0 Å². The Balaban J connectivity index is 1.87. The molecule has 0 bridgehead atoms. The predicted molar refractivity (Wildman–Crippen MR) is 82.3 cm³/mol. The van der Waals surface area contributed by atoms with E-state index in [1.54, 1.807) is 17.4 Å². The van der Waals surface area contributed by atoms with Crippen molar-refractivity contribution in [3.8, 4) is 0 Å². The molecule has 0 aromatic carbocycles. The molecule has 21 heavy (non-hydrogen) atoms. The fourth-order valence-corrected chi connectivity index (χ4v) is 3.40. The molecular formula is C15H21NO4S. The second-order valence-electron chi connectivity index (χ2n) is 5.53. The fraction of sp³-hybridized carbons (Fsp3) is 0.533. The van der Waals surface area contributed by atoms with Gasteiger partial charge in [-0.15, -0.1) is 11.3 Å². The lowest BCUT2D eigenvalue weighted by Crippen LogP contribution is -2.45. The van der Waals surface area contributed by atoms with Crippen molar-refractivity contribution < 1.29 is 19.7 Å². The van der Waals surface area contributed by atoms with Gasteiger partial charge < -0.3 is 14.9 Å². The lowest BCUT2D eigenvalue weighted by Gasteiger charge is -2.35. The summed E-state index contributed by atoms with van der Waals surface area (Å²) in [6.07, 6.45) is 4.08. The summed E-state index contributed by atoms with van der Waals surface area (Å²) in [5.74, 6) is -0.943. The predicted octanol–water partition coefficient (Wildman–Crippen LogP) is 1.82. The molecule has 116 valence electrons. The third kappa shape index (κ3) is 5.24. The number of likely N-dealkylation sites (N-methyl/N-ethyl adjacent to an activating group) is 1. The quantitative estimate of drug-likeness (QED) is 0.784. The maximum Gasteiger partial charge on any atom is 0.328 e. The van der Waals surface area contributed by atoms with E-state index in [-0.39, 0.29) is 0 Å². The number of ether oxygens (including phenoxy) is 1. The average molecular weight is 311 g/mol. The van der Waals surface area contributed by atoms with Crippen LogP contribution in [0.15, 0.2) is 17.5 Å². The van der Waals surface area contributed by atoms with E-state index in [1.165, 1.54) is 0 Å². The van der Waals surface area contributed by atoms with Gasteiger partial charge in [-0.25, -0.2) is 4.79 Å². The van der Waals surface area contributed by atoms with E-state index < -0.39 is 11.6 Å². The zero-order valence-corrected chi connectivity index (χ0v) is 12.9. The van der Waals surface area contributed by atoms with Crippen LogP contribution in [-0.4, -0.2) is 53.5 Å².